The minimum absolute atomic E-state index is 0.313. The summed E-state index contributed by atoms with van der Waals surface area (Å²) in [4.78, 5) is 0. The van der Waals surface area contributed by atoms with Crippen LogP contribution in [0.4, 0.5) is 0 Å². The van der Waals surface area contributed by atoms with Crippen molar-refractivity contribution in [1.29, 1.82) is 0 Å². The van der Waals surface area contributed by atoms with Crippen molar-refractivity contribution in [1.82, 2.24) is 4.23 Å². The van der Waals surface area contributed by atoms with E-state index in [1.165, 1.54) is 6.04 Å². The van der Waals surface area contributed by atoms with E-state index in [-0.39, 0.29) is 14.9 Å². The predicted octanol–water partition coefficient (Wildman–Crippen LogP) is 2.92. The van der Waals surface area contributed by atoms with Crippen LogP contribution in [0.5, 0.6) is 0 Å². The molecule has 134 valence electrons. The van der Waals surface area contributed by atoms with Gasteiger partial charge in [-0.2, -0.15) is 0 Å². The van der Waals surface area contributed by atoms with Gasteiger partial charge in [-0.15, -0.1) is 0 Å². The minimum atomic E-state index is -1.24. The molecule has 0 radical (unpaired) electrons. The number of nitrogens with zero attached hydrogens (tertiary/aromatic N) is 1. The second-order valence-corrected chi connectivity index (χ2v) is 20.8. The Morgan fingerprint density at radius 1 is 0.909 bits per heavy atom. The van der Waals surface area contributed by atoms with Gasteiger partial charge in [0.1, 0.15) is 21.9 Å². The molecule has 0 bridgehead atoms. The molecule has 0 rings (SSSR count). The molecule has 0 aromatic carbocycles. The Bertz CT molecular complexity index is 285. The summed E-state index contributed by atoms with van der Waals surface area (Å²) in [5.41, 5.74) is -0.313. The van der Waals surface area contributed by atoms with E-state index in [0.717, 1.165) is 26.2 Å². The fourth-order valence-corrected chi connectivity index (χ4v) is 14.0. The third kappa shape index (κ3) is 8.95. The van der Waals surface area contributed by atoms with Gasteiger partial charge in [-0.1, -0.05) is 45.3 Å². The van der Waals surface area contributed by atoms with Crippen molar-refractivity contribution in [2.24, 2.45) is 0 Å². The molecule has 0 aliphatic carbocycles. The van der Waals surface area contributed by atoms with Crippen LogP contribution in [0.3, 0.4) is 0 Å². The highest BCUT2D eigenvalue weighted by molar-refractivity contribution is 6.89. The van der Waals surface area contributed by atoms with Gasteiger partial charge >= 0.3 is 0 Å². The Kier molecular flexibility index (Phi) is 9.92. The number of rotatable bonds is 12. The van der Waals surface area contributed by atoms with Gasteiger partial charge in [0.25, 0.3) is 0 Å². The molecule has 0 aromatic heterocycles. The molecule has 0 aliphatic heterocycles. The molecule has 22 heavy (non-hydrogen) atoms. The maximum absolute atomic E-state index is 5.88. The van der Waals surface area contributed by atoms with E-state index in [1.54, 1.807) is 14.2 Å². The average molecular weight is 366 g/mol. The van der Waals surface area contributed by atoms with Gasteiger partial charge < -0.3 is 18.4 Å². The van der Waals surface area contributed by atoms with Crippen LogP contribution in [0.2, 0.25) is 45.3 Å². The zero-order valence-corrected chi connectivity index (χ0v) is 19.8. The summed E-state index contributed by atoms with van der Waals surface area (Å²) in [7, 11) is 0.587. The molecule has 0 aliphatic rings. The number of hydrogen-bond donors (Lipinski definition) is 0. The first-order valence-electron chi connectivity index (χ1n) is 8.42. The summed E-state index contributed by atoms with van der Waals surface area (Å²) in [5, 5.41) is 0. The minimum Gasteiger partial charge on any atom is -0.380 e. The van der Waals surface area contributed by atoms with Crippen molar-refractivity contribution in [3.8, 4) is 0 Å². The molecular formula is C15H39NO3Si3. The second-order valence-electron chi connectivity index (χ2n) is 8.10. The van der Waals surface area contributed by atoms with Crippen LogP contribution >= 0.6 is 0 Å². The predicted molar refractivity (Wildman–Crippen MR) is 105 cm³/mol. The van der Waals surface area contributed by atoms with Gasteiger partial charge in [-0.05, 0) is 13.3 Å². The largest absolute Gasteiger partial charge is 0.380 e. The summed E-state index contributed by atoms with van der Waals surface area (Å²) < 4.78 is 19.5. The van der Waals surface area contributed by atoms with Gasteiger partial charge in [-0.3, -0.25) is 0 Å². The summed E-state index contributed by atoms with van der Waals surface area (Å²) >= 11 is 0. The lowest BCUT2D eigenvalue weighted by Gasteiger charge is -2.43. The molecule has 0 atom stereocenters. The zero-order valence-electron chi connectivity index (χ0n) is 16.4. The Morgan fingerprint density at radius 2 is 1.41 bits per heavy atom. The third-order valence-corrected chi connectivity index (χ3v) is 14.2. The first-order valence-corrected chi connectivity index (χ1v) is 17.0. The maximum Gasteiger partial charge on any atom is 0.141 e. The number of methoxy groups -OCH3 is 2. The summed E-state index contributed by atoms with van der Waals surface area (Å²) in [6, 6.07) is 1.20. The maximum atomic E-state index is 5.88. The highest BCUT2D eigenvalue weighted by Crippen LogP contribution is 2.19. The number of hydrogen-bond acceptors (Lipinski definition) is 4. The average Bonchev–Trinajstić information content (AvgIpc) is 2.38. The molecule has 7 heteroatoms. The van der Waals surface area contributed by atoms with E-state index in [2.05, 4.69) is 43.5 Å². The van der Waals surface area contributed by atoms with Crippen LogP contribution < -0.4 is 0 Å². The lowest BCUT2D eigenvalue weighted by molar-refractivity contribution is -0.130. The Morgan fingerprint density at radius 3 is 1.82 bits per heavy atom. The summed E-state index contributed by atoms with van der Waals surface area (Å²) in [5.74, 6) is 0. The molecule has 0 heterocycles. The smallest absolute Gasteiger partial charge is 0.141 e. The lowest BCUT2D eigenvalue weighted by Crippen LogP contribution is -2.59. The van der Waals surface area contributed by atoms with Crippen LogP contribution in [-0.2, 0) is 14.2 Å². The topological polar surface area (TPSA) is 30.9 Å². The third-order valence-electron chi connectivity index (χ3n) is 4.11. The standard InChI is InChI=1S/C15H39NO3Si3/c1-15(17-2,18-3)20-14-10-12-19-13-11-16(21(4,5)6)22(7,8)9/h10-14,20H2,1-9H3. The van der Waals surface area contributed by atoms with Crippen molar-refractivity contribution in [2.45, 2.75) is 64.1 Å². The molecule has 0 saturated carbocycles. The van der Waals surface area contributed by atoms with Gasteiger partial charge in [0.05, 0.1) is 16.1 Å². The highest BCUT2D eigenvalue weighted by Gasteiger charge is 2.33. The Hall–Kier alpha value is 0.491. The monoisotopic (exact) mass is 365 g/mol. The zero-order chi connectivity index (χ0) is 17.4. The molecule has 0 saturated heterocycles. The molecule has 0 aromatic rings. The van der Waals surface area contributed by atoms with Crippen LogP contribution in [0.25, 0.3) is 0 Å². The summed E-state index contributed by atoms with van der Waals surface area (Å²) in [6.07, 6.45) is 1.12. The molecule has 0 amide bonds. The first-order chi connectivity index (χ1) is 9.96. The molecular weight excluding hydrogens is 326 g/mol. The van der Waals surface area contributed by atoms with Crippen molar-refractivity contribution in [3.05, 3.63) is 0 Å². The van der Waals surface area contributed by atoms with Gasteiger partial charge in [0, 0.05) is 27.4 Å². The molecule has 0 fully saturated rings. The van der Waals surface area contributed by atoms with Crippen molar-refractivity contribution in [3.63, 3.8) is 0 Å². The molecule has 0 unspecified atom stereocenters. The van der Waals surface area contributed by atoms with Gasteiger partial charge in [0.2, 0.25) is 0 Å². The fraction of sp³-hybridized carbons (Fsp3) is 1.00. The van der Waals surface area contributed by atoms with Crippen LogP contribution in [0.15, 0.2) is 0 Å². The van der Waals surface area contributed by atoms with Crippen molar-refractivity contribution < 1.29 is 14.2 Å². The van der Waals surface area contributed by atoms with E-state index >= 15 is 0 Å². The van der Waals surface area contributed by atoms with Crippen molar-refractivity contribution >= 4 is 26.0 Å². The first kappa shape index (κ1) is 22.5. The van der Waals surface area contributed by atoms with Crippen LogP contribution in [0, 0.1) is 0 Å². The normalized spacial score (nSPS) is 14.5. The quantitative estimate of drug-likeness (QED) is 0.302. The summed E-state index contributed by atoms with van der Waals surface area (Å²) in [6.45, 7) is 19.5. The number of ether oxygens (including phenoxy) is 3. The SMILES string of the molecule is COC(C)(OC)[SiH2]CCCOCCN([Si](C)(C)C)[Si](C)(C)C. The van der Waals surface area contributed by atoms with Crippen LogP contribution in [-0.4, -0.2) is 69.6 Å². The van der Waals surface area contributed by atoms with E-state index in [4.69, 9.17) is 14.2 Å². The second kappa shape index (κ2) is 9.71. The van der Waals surface area contributed by atoms with Crippen molar-refractivity contribution in [2.75, 3.05) is 34.0 Å². The molecule has 0 N–H and O–H groups in total. The van der Waals surface area contributed by atoms with Gasteiger partial charge in [0.15, 0.2) is 0 Å². The van der Waals surface area contributed by atoms with Crippen LogP contribution in [0.1, 0.15) is 13.3 Å². The van der Waals surface area contributed by atoms with Gasteiger partial charge in [-0.25, -0.2) is 0 Å². The van der Waals surface area contributed by atoms with E-state index in [1.807, 2.05) is 6.92 Å². The van der Waals surface area contributed by atoms with E-state index in [9.17, 15) is 0 Å². The fourth-order valence-electron chi connectivity index (χ4n) is 2.87. The highest BCUT2D eigenvalue weighted by atomic mass is 28.4. The van der Waals surface area contributed by atoms with E-state index in [0.29, 0.717) is 0 Å². The molecule has 4 nitrogen and oxygen atoms in total. The van der Waals surface area contributed by atoms with E-state index < -0.39 is 16.5 Å². The Balaban J connectivity index is 3.93. The Labute approximate surface area is 142 Å². The lowest BCUT2D eigenvalue weighted by atomic mass is 10.5. The molecule has 0 spiro atoms.